The number of likely N-dealkylation sites (tertiary alicyclic amines) is 1. The van der Waals surface area contributed by atoms with E-state index in [-0.39, 0.29) is 17.3 Å². The molecule has 0 radical (unpaired) electrons. The summed E-state index contributed by atoms with van der Waals surface area (Å²) in [5.41, 5.74) is 3.17. The Morgan fingerprint density at radius 2 is 1.98 bits per heavy atom. The number of benzene rings is 2. The summed E-state index contributed by atoms with van der Waals surface area (Å²) in [5.74, 6) is 3.21. The molecule has 1 aromatic heterocycles. The fraction of sp³-hybridized carbons (Fsp3) is 0.543. The molecule has 240 valence electrons. The predicted octanol–water partition coefficient (Wildman–Crippen LogP) is 5.78. The normalized spacial score (nSPS) is 26.9. The predicted molar refractivity (Wildman–Crippen MR) is 176 cm³/mol. The largest absolute Gasteiger partial charge is 0.497 e. The Balaban J connectivity index is 1.25. The van der Waals surface area contributed by atoms with Gasteiger partial charge in [0.2, 0.25) is 0 Å². The smallest absolute Gasteiger partial charge is 0.261 e. The standard InChI is InChI=1S/C35H45FN6O3/c1-21-19-41(14-12-30(21)40-45-6)34(39-31-16-24-15-28(22(31)2)35(24,3)4)38-25-8-10-27-32(17-25)37-20-42(33(27)43)13-11-23-7-9-26(44-5)18-29(23)36/h7-10,17-18,20-22,24,28,31H,11-16,19H2,1-6H3,(H,38,39)/t21?,22-,24-,28-,31+/m1/s1. The Labute approximate surface area is 264 Å². The molecule has 1 saturated heterocycles. The fourth-order valence-electron chi connectivity index (χ4n) is 7.77. The number of oxime groups is 1. The van der Waals surface area contributed by atoms with Crippen LogP contribution >= 0.6 is 0 Å². The van der Waals surface area contributed by atoms with Crippen LogP contribution in [0.5, 0.6) is 5.75 Å². The summed E-state index contributed by atoms with van der Waals surface area (Å²) in [6, 6.07) is 10.7. The van der Waals surface area contributed by atoms with Crippen molar-refractivity contribution in [3.8, 4) is 5.75 Å². The maximum absolute atomic E-state index is 14.5. The highest BCUT2D eigenvalue weighted by atomic mass is 19.1. The van der Waals surface area contributed by atoms with Crippen molar-refractivity contribution in [3.63, 3.8) is 0 Å². The average molecular weight is 617 g/mol. The average Bonchev–Trinajstić information content (AvgIpc) is 3.02. The second-order valence-electron chi connectivity index (χ2n) is 13.7. The molecule has 10 heteroatoms. The summed E-state index contributed by atoms with van der Waals surface area (Å²) in [5, 5.41) is 8.65. The summed E-state index contributed by atoms with van der Waals surface area (Å²) < 4.78 is 21.1. The molecule has 0 amide bonds. The van der Waals surface area contributed by atoms with Gasteiger partial charge in [-0.15, -0.1) is 0 Å². The Kier molecular flexibility index (Phi) is 8.59. The van der Waals surface area contributed by atoms with E-state index in [1.54, 1.807) is 31.6 Å². The number of halogens is 1. The van der Waals surface area contributed by atoms with Crippen molar-refractivity contribution in [3.05, 3.63) is 64.5 Å². The second kappa shape index (κ2) is 12.4. The second-order valence-corrected chi connectivity index (χ2v) is 13.7. The molecule has 1 aliphatic heterocycles. The zero-order valence-corrected chi connectivity index (χ0v) is 27.2. The van der Waals surface area contributed by atoms with E-state index in [0.29, 0.717) is 58.5 Å². The molecule has 4 fully saturated rings. The van der Waals surface area contributed by atoms with Crippen molar-refractivity contribution in [1.82, 2.24) is 19.8 Å². The highest BCUT2D eigenvalue weighted by Crippen LogP contribution is 2.61. The molecule has 4 aliphatic rings. The first-order chi connectivity index (χ1) is 21.6. The molecule has 1 N–H and O–H groups in total. The minimum Gasteiger partial charge on any atom is -0.497 e. The lowest BCUT2D eigenvalue weighted by Gasteiger charge is -2.62. The molecule has 0 spiro atoms. The number of hydrogen-bond acceptors (Lipinski definition) is 6. The van der Waals surface area contributed by atoms with E-state index >= 15 is 0 Å². The van der Waals surface area contributed by atoms with Gasteiger partial charge in [-0.05, 0) is 72.3 Å². The van der Waals surface area contributed by atoms with Crippen molar-refractivity contribution < 1.29 is 14.0 Å². The van der Waals surface area contributed by atoms with Crippen molar-refractivity contribution in [2.24, 2.45) is 39.2 Å². The molecule has 2 bridgehead atoms. The summed E-state index contributed by atoms with van der Waals surface area (Å²) in [6.45, 7) is 11.3. The highest BCUT2D eigenvalue weighted by Gasteiger charge is 2.56. The van der Waals surface area contributed by atoms with Crippen LogP contribution in [0.4, 0.5) is 10.1 Å². The first kappa shape index (κ1) is 31.0. The van der Waals surface area contributed by atoms with Crippen molar-refractivity contribution in [2.75, 3.05) is 27.3 Å². The number of aryl methyl sites for hydroxylation is 2. The summed E-state index contributed by atoms with van der Waals surface area (Å²) in [7, 11) is 3.10. The molecule has 3 saturated carbocycles. The number of aromatic nitrogens is 2. The number of fused-ring (bicyclic) bond motifs is 3. The van der Waals surface area contributed by atoms with Crippen LogP contribution in [-0.4, -0.2) is 59.5 Å². The molecule has 5 atom stereocenters. The quantitative estimate of drug-likeness (QED) is 0.206. The molecule has 3 aromatic rings. The number of piperidine rings is 1. The zero-order valence-electron chi connectivity index (χ0n) is 27.2. The lowest BCUT2D eigenvalue weighted by molar-refractivity contribution is -0.112. The first-order valence-electron chi connectivity index (χ1n) is 16.1. The monoisotopic (exact) mass is 616 g/mol. The van der Waals surface area contributed by atoms with Crippen LogP contribution < -0.4 is 15.6 Å². The van der Waals surface area contributed by atoms with Crippen LogP contribution in [0.2, 0.25) is 0 Å². The maximum Gasteiger partial charge on any atom is 0.261 e. The lowest BCUT2D eigenvalue weighted by Crippen LogP contribution is -2.62. The van der Waals surface area contributed by atoms with Gasteiger partial charge in [0.25, 0.3) is 5.56 Å². The molecule has 45 heavy (non-hydrogen) atoms. The molecule has 3 aliphatic carbocycles. The van der Waals surface area contributed by atoms with Crippen LogP contribution in [0.3, 0.4) is 0 Å². The van der Waals surface area contributed by atoms with Crippen LogP contribution in [0, 0.1) is 34.9 Å². The zero-order chi connectivity index (χ0) is 31.9. The number of ether oxygens (including phenoxy) is 1. The van der Waals surface area contributed by atoms with Gasteiger partial charge in [-0.2, -0.15) is 0 Å². The van der Waals surface area contributed by atoms with Gasteiger partial charge in [0.15, 0.2) is 5.96 Å². The van der Waals surface area contributed by atoms with E-state index in [1.807, 2.05) is 12.1 Å². The van der Waals surface area contributed by atoms with Gasteiger partial charge >= 0.3 is 0 Å². The van der Waals surface area contributed by atoms with Crippen LogP contribution in [0.25, 0.3) is 10.9 Å². The van der Waals surface area contributed by atoms with E-state index in [9.17, 15) is 9.18 Å². The molecule has 2 heterocycles. The number of rotatable bonds is 7. The van der Waals surface area contributed by atoms with Gasteiger partial charge in [0, 0.05) is 44.1 Å². The third-order valence-corrected chi connectivity index (χ3v) is 10.8. The van der Waals surface area contributed by atoms with Gasteiger partial charge in [0.05, 0.1) is 35.7 Å². The molecule has 9 nitrogen and oxygen atoms in total. The highest BCUT2D eigenvalue weighted by molar-refractivity contribution is 5.91. The molecule has 7 rings (SSSR count). The van der Waals surface area contributed by atoms with Crippen LogP contribution in [-0.2, 0) is 17.8 Å². The number of guanidine groups is 1. The number of methoxy groups -OCH3 is 1. The summed E-state index contributed by atoms with van der Waals surface area (Å²) >= 11 is 0. The topological polar surface area (TPSA) is 93.3 Å². The lowest BCUT2D eigenvalue weighted by atomic mass is 9.45. The number of hydrogen-bond donors (Lipinski definition) is 1. The third-order valence-electron chi connectivity index (χ3n) is 10.8. The molecular formula is C35H45FN6O3. The van der Waals surface area contributed by atoms with Gasteiger partial charge in [-0.1, -0.05) is 38.9 Å². The number of nitrogens with one attached hydrogen (secondary N) is 1. The minimum atomic E-state index is -0.350. The van der Waals surface area contributed by atoms with E-state index in [4.69, 9.17) is 14.6 Å². The van der Waals surface area contributed by atoms with Crippen molar-refractivity contribution in [1.29, 1.82) is 0 Å². The Morgan fingerprint density at radius 3 is 2.67 bits per heavy atom. The maximum atomic E-state index is 14.5. The van der Waals surface area contributed by atoms with E-state index in [0.717, 1.165) is 49.2 Å². The molecule has 2 aromatic carbocycles. The van der Waals surface area contributed by atoms with Crippen molar-refractivity contribution in [2.45, 2.75) is 66.0 Å². The molecular weight excluding hydrogens is 571 g/mol. The summed E-state index contributed by atoms with van der Waals surface area (Å²) in [6.07, 6.45) is 5.18. The number of aliphatic imine (C=N–C) groups is 1. The van der Waals surface area contributed by atoms with Crippen LogP contribution in [0.15, 0.2) is 57.7 Å². The Hall–Kier alpha value is -3.95. The SMILES string of the molecule is CON=C1CCN(C(=Nc2ccc3c(=O)n(CCc4ccc(OC)cc4F)cnc3c2)N[C@H]2C[C@H]3C[C@H]([C@H]2C)C3(C)C)CC1C. The van der Waals surface area contributed by atoms with Gasteiger partial charge in [-0.25, -0.2) is 14.4 Å². The molecule has 1 unspecified atom stereocenters. The fourth-order valence-corrected chi connectivity index (χ4v) is 7.77. The van der Waals surface area contributed by atoms with Crippen LogP contribution in [0.1, 0.15) is 52.5 Å². The van der Waals surface area contributed by atoms with Gasteiger partial charge in [-0.3, -0.25) is 9.36 Å². The Morgan fingerprint density at radius 1 is 1.16 bits per heavy atom. The summed E-state index contributed by atoms with van der Waals surface area (Å²) in [4.78, 5) is 30.5. The first-order valence-corrected chi connectivity index (χ1v) is 16.1. The van der Waals surface area contributed by atoms with E-state index < -0.39 is 0 Å². The van der Waals surface area contributed by atoms with Crippen molar-refractivity contribution >= 4 is 28.3 Å². The minimum absolute atomic E-state index is 0.157. The Bertz CT molecular complexity index is 1680. The van der Waals surface area contributed by atoms with E-state index in [1.165, 1.54) is 24.2 Å². The third kappa shape index (κ3) is 6.03. The van der Waals surface area contributed by atoms with Gasteiger partial charge in [0.1, 0.15) is 18.7 Å². The number of nitrogens with zero attached hydrogens (tertiary/aromatic N) is 5. The van der Waals surface area contributed by atoms with E-state index in [2.05, 4.69) is 48.1 Å². The van der Waals surface area contributed by atoms with Gasteiger partial charge < -0.3 is 19.8 Å².